The number of aryl methyl sites for hydroxylation is 1. The van der Waals surface area contributed by atoms with Crippen molar-refractivity contribution in [2.24, 2.45) is 0 Å². The molecule has 1 aliphatic carbocycles. The van der Waals surface area contributed by atoms with Crippen LogP contribution in [0.15, 0.2) is 24.3 Å². The molecule has 0 atom stereocenters. The number of amides is 1. The van der Waals surface area contributed by atoms with E-state index >= 15 is 0 Å². The SMILES string of the molecule is O=C(NO)C1(S(=O)(=O)N2CCC(c3ccc(CCCC(F)(F)F)cc3)CC2)CCN(C2CC2)CC1. The summed E-state index contributed by atoms with van der Waals surface area (Å²) in [5.74, 6) is -0.707. The van der Waals surface area contributed by atoms with Gasteiger partial charge in [-0.25, -0.2) is 18.2 Å². The van der Waals surface area contributed by atoms with Gasteiger partial charge in [0.1, 0.15) is 0 Å². The molecule has 11 heteroatoms. The van der Waals surface area contributed by atoms with E-state index in [1.54, 1.807) is 5.48 Å². The Morgan fingerprint density at radius 3 is 2.14 bits per heavy atom. The summed E-state index contributed by atoms with van der Waals surface area (Å²) in [6.07, 6.45) is -0.793. The van der Waals surface area contributed by atoms with Crippen LogP contribution in [-0.2, 0) is 21.2 Å². The van der Waals surface area contributed by atoms with Crippen LogP contribution < -0.4 is 5.48 Å². The van der Waals surface area contributed by atoms with Crippen LogP contribution in [0.2, 0.25) is 0 Å². The third kappa shape index (κ3) is 5.84. The molecule has 0 aromatic heterocycles. The highest BCUT2D eigenvalue weighted by Gasteiger charge is 2.55. The van der Waals surface area contributed by atoms with Gasteiger partial charge in [0.05, 0.1) is 0 Å². The van der Waals surface area contributed by atoms with Crippen LogP contribution in [0.4, 0.5) is 13.2 Å². The van der Waals surface area contributed by atoms with E-state index in [0.717, 1.165) is 24.0 Å². The minimum atomic E-state index is -4.14. The molecule has 0 radical (unpaired) electrons. The fourth-order valence-electron chi connectivity index (χ4n) is 5.52. The van der Waals surface area contributed by atoms with Gasteiger partial charge in [-0.1, -0.05) is 24.3 Å². The predicted molar refractivity (Wildman–Crippen MR) is 124 cm³/mol. The normalized spacial score (nSPS) is 22.7. The van der Waals surface area contributed by atoms with Gasteiger partial charge in [-0.2, -0.15) is 13.2 Å². The van der Waals surface area contributed by atoms with E-state index in [0.29, 0.717) is 38.4 Å². The molecule has 4 rings (SSSR count). The molecule has 0 spiro atoms. The van der Waals surface area contributed by atoms with Crippen LogP contribution >= 0.6 is 0 Å². The summed E-state index contributed by atoms with van der Waals surface area (Å²) < 4.78 is 64.2. The van der Waals surface area contributed by atoms with Crippen LogP contribution in [0, 0.1) is 0 Å². The molecule has 2 heterocycles. The van der Waals surface area contributed by atoms with E-state index in [2.05, 4.69) is 4.90 Å². The Labute approximate surface area is 204 Å². The number of nitrogens with one attached hydrogen (secondary N) is 1. The number of likely N-dealkylation sites (tertiary alicyclic amines) is 1. The molecular formula is C24H34F3N3O4S. The van der Waals surface area contributed by atoms with Crippen LogP contribution in [0.1, 0.15) is 68.4 Å². The molecule has 35 heavy (non-hydrogen) atoms. The van der Waals surface area contributed by atoms with E-state index in [9.17, 15) is 31.6 Å². The smallest absolute Gasteiger partial charge is 0.300 e. The summed E-state index contributed by atoms with van der Waals surface area (Å²) in [6.45, 7) is 1.60. The monoisotopic (exact) mass is 517 g/mol. The molecule has 1 aromatic carbocycles. The first-order valence-corrected chi connectivity index (χ1v) is 13.8. The maximum Gasteiger partial charge on any atom is 0.389 e. The fourth-order valence-corrected chi connectivity index (χ4v) is 7.68. The number of sulfonamides is 1. The summed E-state index contributed by atoms with van der Waals surface area (Å²) in [6, 6.07) is 8.03. The molecule has 2 saturated heterocycles. The lowest BCUT2D eigenvalue weighted by Crippen LogP contribution is -2.62. The first kappa shape index (κ1) is 26.4. The first-order valence-electron chi connectivity index (χ1n) is 12.4. The van der Waals surface area contributed by atoms with Gasteiger partial charge in [0.2, 0.25) is 10.0 Å². The van der Waals surface area contributed by atoms with Crippen molar-refractivity contribution >= 4 is 15.9 Å². The third-order valence-corrected chi connectivity index (χ3v) is 10.5. The minimum Gasteiger partial charge on any atom is -0.300 e. The van der Waals surface area contributed by atoms with E-state index in [4.69, 9.17) is 0 Å². The highest BCUT2D eigenvalue weighted by Crippen LogP contribution is 2.40. The lowest BCUT2D eigenvalue weighted by molar-refractivity contribution is -0.135. The molecule has 2 N–H and O–H groups in total. The maximum atomic E-state index is 13.7. The van der Waals surface area contributed by atoms with E-state index in [1.165, 1.54) is 4.31 Å². The van der Waals surface area contributed by atoms with Crippen molar-refractivity contribution in [2.75, 3.05) is 26.2 Å². The summed E-state index contributed by atoms with van der Waals surface area (Å²) in [5.41, 5.74) is 3.52. The first-order chi connectivity index (χ1) is 16.6. The number of rotatable bonds is 8. The van der Waals surface area contributed by atoms with Gasteiger partial charge < -0.3 is 4.90 Å². The second-order valence-electron chi connectivity index (χ2n) is 10.1. The summed E-state index contributed by atoms with van der Waals surface area (Å²) in [5, 5.41) is 9.36. The van der Waals surface area contributed by atoms with Crippen LogP contribution in [-0.4, -0.2) is 71.9 Å². The lowest BCUT2D eigenvalue weighted by Gasteiger charge is -2.43. The Morgan fingerprint density at radius 2 is 1.63 bits per heavy atom. The Hall–Kier alpha value is -1.69. The zero-order chi connectivity index (χ0) is 25.3. The quantitative estimate of drug-likeness (QED) is 0.407. The Kier molecular flexibility index (Phi) is 7.80. The molecule has 1 saturated carbocycles. The number of alkyl halides is 3. The van der Waals surface area contributed by atoms with Crippen molar-refractivity contribution < 1.29 is 31.6 Å². The van der Waals surface area contributed by atoms with Crippen LogP contribution in [0.5, 0.6) is 0 Å². The fraction of sp³-hybridized carbons (Fsp3) is 0.708. The van der Waals surface area contributed by atoms with Gasteiger partial charge in [-0.3, -0.25) is 10.0 Å². The van der Waals surface area contributed by atoms with E-state index in [1.807, 2.05) is 24.3 Å². The number of hydrogen-bond acceptors (Lipinski definition) is 5. The summed E-state index contributed by atoms with van der Waals surface area (Å²) in [7, 11) is -3.98. The maximum absolute atomic E-state index is 13.7. The number of halogens is 3. The van der Waals surface area contributed by atoms with Gasteiger partial charge in [0, 0.05) is 38.6 Å². The Morgan fingerprint density at radius 1 is 1.03 bits per heavy atom. The molecule has 3 fully saturated rings. The highest BCUT2D eigenvalue weighted by molar-refractivity contribution is 7.91. The molecule has 0 unspecified atom stereocenters. The molecule has 1 aromatic rings. The van der Waals surface area contributed by atoms with E-state index in [-0.39, 0.29) is 38.3 Å². The molecule has 0 bridgehead atoms. The molecule has 7 nitrogen and oxygen atoms in total. The van der Waals surface area contributed by atoms with E-state index < -0.39 is 33.3 Å². The second-order valence-corrected chi connectivity index (χ2v) is 12.3. The van der Waals surface area contributed by atoms with Gasteiger partial charge in [-0.15, -0.1) is 0 Å². The zero-order valence-corrected chi connectivity index (χ0v) is 20.6. The second kappa shape index (κ2) is 10.4. The van der Waals surface area contributed by atoms with Crippen LogP contribution in [0.25, 0.3) is 0 Å². The third-order valence-electron chi connectivity index (χ3n) is 7.85. The Balaban J connectivity index is 1.36. The van der Waals surface area contributed by atoms with Crippen molar-refractivity contribution in [1.29, 1.82) is 0 Å². The minimum absolute atomic E-state index is 0.0562. The molecule has 3 aliphatic rings. The van der Waals surface area contributed by atoms with Crippen molar-refractivity contribution in [3.63, 3.8) is 0 Å². The molecular weight excluding hydrogens is 483 g/mol. The van der Waals surface area contributed by atoms with Gasteiger partial charge in [-0.05, 0) is 68.4 Å². The van der Waals surface area contributed by atoms with Crippen LogP contribution in [0.3, 0.4) is 0 Å². The van der Waals surface area contributed by atoms with Gasteiger partial charge in [0.15, 0.2) is 4.75 Å². The number of benzene rings is 1. The number of piperidine rings is 2. The Bertz CT molecular complexity index is 980. The van der Waals surface area contributed by atoms with Gasteiger partial charge >= 0.3 is 6.18 Å². The largest absolute Gasteiger partial charge is 0.389 e. The van der Waals surface area contributed by atoms with Gasteiger partial charge in [0.25, 0.3) is 5.91 Å². The summed E-state index contributed by atoms with van der Waals surface area (Å²) in [4.78, 5) is 14.9. The standard InChI is InChI=1S/C24H34F3N3O4S/c25-24(26,27)11-1-2-18-3-5-19(6-4-18)20-9-14-30(15-10-20)35(33,34)23(22(31)28-32)12-16-29(17-13-23)21-7-8-21/h3-6,20-21,32H,1-2,7-17H2,(H,28,31). The van der Waals surface area contributed by atoms with Crippen molar-refractivity contribution in [3.05, 3.63) is 35.4 Å². The average molecular weight is 518 g/mol. The zero-order valence-electron chi connectivity index (χ0n) is 19.8. The molecule has 1 amide bonds. The lowest BCUT2D eigenvalue weighted by atomic mass is 9.89. The van der Waals surface area contributed by atoms with Crippen molar-refractivity contribution in [3.8, 4) is 0 Å². The predicted octanol–water partition coefficient (Wildman–Crippen LogP) is 3.58. The molecule has 2 aliphatic heterocycles. The summed E-state index contributed by atoms with van der Waals surface area (Å²) >= 11 is 0. The number of hydrogen-bond donors (Lipinski definition) is 2. The number of carbonyl (C=O) groups excluding carboxylic acids is 1. The topological polar surface area (TPSA) is 89.9 Å². The van der Waals surface area contributed by atoms with Crippen molar-refractivity contribution in [2.45, 2.75) is 80.7 Å². The van der Waals surface area contributed by atoms with Crippen molar-refractivity contribution in [1.82, 2.24) is 14.7 Å². The highest BCUT2D eigenvalue weighted by atomic mass is 32.2. The number of nitrogens with zero attached hydrogens (tertiary/aromatic N) is 2. The average Bonchev–Trinajstić information content (AvgIpc) is 3.69. The number of hydroxylamine groups is 1. The number of carbonyl (C=O) groups is 1. The molecule has 196 valence electrons.